The second-order valence-corrected chi connectivity index (χ2v) is 9.53. The molecule has 29 heavy (non-hydrogen) atoms. The maximum atomic E-state index is 14.3. The third-order valence-electron chi connectivity index (χ3n) is 5.28. The molecule has 2 heterocycles. The van der Waals surface area contributed by atoms with Crippen LogP contribution in [0.4, 0.5) is 4.39 Å². The van der Waals surface area contributed by atoms with E-state index >= 15 is 0 Å². The van der Waals surface area contributed by atoms with E-state index in [1.807, 2.05) is 18.2 Å². The number of nitrogens with zero attached hydrogens (tertiary/aromatic N) is 2. The van der Waals surface area contributed by atoms with Crippen LogP contribution in [0.1, 0.15) is 18.4 Å². The van der Waals surface area contributed by atoms with Crippen molar-refractivity contribution >= 4 is 20.6 Å². The standard InChI is InChI=1S/C22H23FN2O3S/c1-29(26,27)20-4-2-16(3-5-20)15-25-10-7-19(8-11-25)28-22-13-17-6-9-24-14-18(17)12-21(22)23/h2-6,9,12-14,19H,7-8,10-11,15H2,1H3. The Kier molecular flexibility index (Phi) is 5.52. The molecule has 5 nitrogen and oxygen atoms in total. The lowest BCUT2D eigenvalue weighted by Gasteiger charge is -2.32. The van der Waals surface area contributed by atoms with E-state index in [2.05, 4.69) is 9.88 Å². The Morgan fingerprint density at radius 3 is 2.52 bits per heavy atom. The van der Waals surface area contributed by atoms with Crippen molar-refractivity contribution in [1.82, 2.24) is 9.88 Å². The summed E-state index contributed by atoms with van der Waals surface area (Å²) in [5.74, 6) is -0.0718. The molecule has 1 fully saturated rings. The summed E-state index contributed by atoms with van der Waals surface area (Å²) < 4.78 is 43.4. The summed E-state index contributed by atoms with van der Waals surface area (Å²) in [4.78, 5) is 6.65. The molecule has 3 aromatic rings. The molecule has 0 unspecified atom stereocenters. The molecule has 7 heteroatoms. The Balaban J connectivity index is 1.34. The van der Waals surface area contributed by atoms with Crippen LogP contribution in [-0.2, 0) is 16.4 Å². The highest BCUT2D eigenvalue weighted by atomic mass is 32.2. The molecule has 1 aromatic heterocycles. The molecule has 0 atom stereocenters. The van der Waals surface area contributed by atoms with Crippen LogP contribution in [0.25, 0.3) is 10.8 Å². The van der Waals surface area contributed by atoms with Crippen molar-refractivity contribution in [3.8, 4) is 5.75 Å². The number of piperidine rings is 1. The van der Waals surface area contributed by atoms with E-state index in [0.29, 0.717) is 10.6 Å². The molecule has 0 N–H and O–H groups in total. The van der Waals surface area contributed by atoms with Crippen LogP contribution >= 0.6 is 0 Å². The average Bonchev–Trinajstić information content (AvgIpc) is 2.70. The van der Waals surface area contributed by atoms with E-state index < -0.39 is 9.84 Å². The van der Waals surface area contributed by atoms with E-state index in [-0.39, 0.29) is 11.9 Å². The molecule has 0 bridgehead atoms. The van der Waals surface area contributed by atoms with Gasteiger partial charge in [-0.1, -0.05) is 12.1 Å². The highest BCUT2D eigenvalue weighted by molar-refractivity contribution is 7.90. The van der Waals surface area contributed by atoms with Crippen LogP contribution in [0.15, 0.2) is 59.8 Å². The second kappa shape index (κ2) is 8.08. The number of sulfone groups is 1. The molecule has 1 aliphatic heterocycles. The van der Waals surface area contributed by atoms with Crippen LogP contribution in [0.5, 0.6) is 5.75 Å². The summed E-state index contributed by atoms with van der Waals surface area (Å²) in [6, 6.07) is 12.1. The van der Waals surface area contributed by atoms with Crippen LogP contribution in [0, 0.1) is 5.82 Å². The summed E-state index contributed by atoms with van der Waals surface area (Å²) in [7, 11) is -3.17. The van der Waals surface area contributed by atoms with Gasteiger partial charge in [-0.05, 0) is 54.1 Å². The van der Waals surface area contributed by atoms with Gasteiger partial charge in [-0.15, -0.1) is 0 Å². The first-order valence-corrected chi connectivity index (χ1v) is 11.5. The average molecular weight is 415 g/mol. The van der Waals surface area contributed by atoms with E-state index in [0.717, 1.165) is 48.8 Å². The third kappa shape index (κ3) is 4.74. The minimum Gasteiger partial charge on any atom is -0.487 e. The van der Waals surface area contributed by atoms with E-state index in [1.54, 1.807) is 30.6 Å². The van der Waals surface area contributed by atoms with E-state index in [9.17, 15) is 12.8 Å². The minimum atomic E-state index is -3.17. The summed E-state index contributed by atoms with van der Waals surface area (Å²) in [5, 5.41) is 1.67. The van der Waals surface area contributed by atoms with Crippen molar-refractivity contribution < 1.29 is 17.5 Å². The molecule has 1 aliphatic rings. The molecule has 1 saturated heterocycles. The Bertz CT molecular complexity index is 1110. The number of likely N-dealkylation sites (tertiary alicyclic amines) is 1. The predicted octanol–water partition coefficient (Wildman–Crippen LogP) is 3.82. The number of benzene rings is 2. The molecule has 152 valence electrons. The lowest BCUT2D eigenvalue weighted by atomic mass is 10.1. The van der Waals surface area contributed by atoms with Crippen molar-refractivity contribution in [2.45, 2.75) is 30.4 Å². The number of hydrogen-bond acceptors (Lipinski definition) is 5. The largest absolute Gasteiger partial charge is 0.487 e. The Morgan fingerprint density at radius 1 is 1.10 bits per heavy atom. The van der Waals surface area contributed by atoms with Crippen LogP contribution in [-0.4, -0.2) is 43.8 Å². The number of aromatic nitrogens is 1. The fourth-order valence-electron chi connectivity index (χ4n) is 3.64. The topological polar surface area (TPSA) is 59.5 Å². The monoisotopic (exact) mass is 414 g/mol. The van der Waals surface area contributed by atoms with Crippen LogP contribution in [0.3, 0.4) is 0 Å². The van der Waals surface area contributed by atoms with Gasteiger partial charge in [0.1, 0.15) is 6.10 Å². The van der Waals surface area contributed by atoms with Gasteiger partial charge in [-0.25, -0.2) is 12.8 Å². The Morgan fingerprint density at radius 2 is 1.83 bits per heavy atom. The smallest absolute Gasteiger partial charge is 0.175 e. The number of rotatable bonds is 5. The van der Waals surface area contributed by atoms with Crippen molar-refractivity contribution in [2.75, 3.05) is 19.3 Å². The summed E-state index contributed by atoms with van der Waals surface area (Å²) in [6.07, 6.45) is 6.15. The first-order chi connectivity index (χ1) is 13.9. The summed E-state index contributed by atoms with van der Waals surface area (Å²) in [6.45, 7) is 2.45. The van der Waals surface area contributed by atoms with Crippen LogP contribution in [0.2, 0.25) is 0 Å². The molecular formula is C22H23FN2O3S. The molecular weight excluding hydrogens is 391 g/mol. The lowest BCUT2D eigenvalue weighted by molar-refractivity contribution is 0.0937. The number of ether oxygens (including phenoxy) is 1. The van der Waals surface area contributed by atoms with Gasteiger partial charge in [0.2, 0.25) is 0 Å². The molecule has 0 aliphatic carbocycles. The Labute approximate surface area is 170 Å². The highest BCUT2D eigenvalue weighted by Gasteiger charge is 2.22. The molecule has 0 spiro atoms. The first-order valence-electron chi connectivity index (χ1n) is 9.60. The molecule has 0 radical (unpaired) electrons. The molecule has 0 saturated carbocycles. The van der Waals surface area contributed by atoms with Gasteiger partial charge in [0.05, 0.1) is 4.90 Å². The van der Waals surface area contributed by atoms with Crippen molar-refractivity contribution in [3.05, 3.63) is 66.2 Å². The quantitative estimate of drug-likeness (QED) is 0.635. The number of pyridine rings is 1. The second-order valence-electron chi connectivity index (χ2n) is 7.51. The van der Waals surface area contributed by atoms with Gasteiger partial charge in [0.25, 0.3) is 0 Å². The van der Waals surface area contributed by atoms with Gasteiger partial charge in [-0.3, -0.25) is 9.88 Å². The van der Waals surface area contributed by atoms with Gasteiger partial charge >= 0.3 is 0 Å². The third-order valence-corrected chi connectivity index (χ3v) is 6.41. The van der Waals surface area contributed by atoms with E-state index in [4.69, 9.17) is 4.74 Å². The first kappa shape index (κ1) is 19.8. The summed E-state index contributed by atoms with van der Waals surface area (Å²) in [5.41, 5.74) is 1.07. The zero-order valence-corrected chi connectivity index (χ0v) is 17.0. The zero-order valence-electron chi connectivity index (χ0n) is 16.2. The molecule has 2 aromatic carbocycles. The van der Waals surface area contributed by atoms with Gasteiger partial charge < -0.3 is 4.74 Å². The summed E-state index contributed by atoms with van der Waals surface area (Å²) >= 11 is 0. The normalized spacial score (nSPS) is 16.2. The fourth-order valence-corrected chi connectivity index (χ4v) is 4.27. The maximum absolute atomic E-state index is 14.3. The zero-order chi connectivity index (χ0) is 20.4. The minimum absolute atomic E-state index is 0.0207. The van der Waals surface area contributed by atoms with Crippen molar-refractivity contribution in [3.63, 3.8) is 0 Å². The highest BCUT2D eigenvalue weighted by Crippen LogP contribution is 2.27. The number of fused-ring (bicyclic) bond motifs is 1. The Hall–Kier alpha value is -2.51. The van der Waals surface area contributed by atoms with Gasteiger partial charge in [0.15, 0.2) is 21.4 Å². The lowest BCUT2D eigenvalue weighted by Crippen LogP contribution is -2.37. The SMILES string of the molecule is CS(=O)(=O)c1ccc(CN2CCC(Oc3cc4ccncc4cc3F)CC2)cc1. The van der Waals surface area contributed by atoms with Gasteiger partial charge in [0, 0.05) is 43.7 Å². The van der Waals surface area contributed by atoms with Crippen molar-refractivity contribution in [1.29, 1.82) is 0 Å². The predicted molar refractivity (Wildman–Crippen MR) is 110 cm³/mol. The molecule has 4 rings (SSSR count). The number of hydrogen-bond donors (Lipinski definition) is 0. The molecule has 0 amide bonds. The fraction of sp³-hybridized carbons (Fsp3) is 0.318. The van der Waals surface area contributed by atoms with Crippen LogP contribution < -0.4 is 4.74 Å². The number of halogens is 1. The van der Waals surface area contributed by atoms with Crippen molar-refractivity contribution in [2.24, 2.45) is 0 Å². The maximum Gasteiger partial charge on any atom is 0.175 e. The van der Waals surface area contributed by atoms with Gasteiger partial charge in [-0.2, -0.15) is 0 Å². The van der Waals surface area contributed by atoms with E-state index in [1.165, 1.54) is 12.3 Å².